The van der Waals surface area contributed by atoms with Crippen molar-refractivity contribution in [1.29, 1.82) is 0 Å². The van der Waals surface area contributed by atoms with Crippen LogP contribution in [0.15, 0.2) is 6.07 Å². The van der Waals surface area contributed by atoms with Gasteiger partial charge in [0.2, 0.25) is 0 Å². The van der Waals surface area contributed by atoms with Crippen LogP contribution < -0.4 is 5.32 Å². The van der Waals surface area contributed by atoms with Gasteiger partial charge >= 0.3 is 0 Å². The molecule has 1 aliphatic heterocycles. The molecule has 1 fully saturated rings. The fourth-order valence-electron chi connectivity index (χ4n) is 2.96. The number of rotatable bonds is 4. The summed E-state index contributed by atoms with van der Waals surface area (Å²) in [5.41, 5.74) is 1.57. The highest BCUT2D eigenvalue weighted by molar-refractivity contribution is 14.1. The van der Waals surface area contributed by atoms with E-state index in [4.69, 9.17) is 4.74 Å². The molecule has 1 aromatic rings. The third-order valence-electron chi connectivity index (χ3n) is 4.01. The second-order valence-electron chi connectivity index (χ2n) is 5.28. The first-order valence-electron chi connectivity index (χ1n) is 7.14. The summed E-state index contributed by atoms with van der Waals surface area (Å²) >= 11 is 4.43. The van der Waals surface area contributed by atoms with E-state index in [9.17, 15) is 0 Å². The zero-order valence-corrected chi connectivity index (χ0v) is 14.1. The lowest BCUT2D eigenvalue weighted by Gasteiger charge is -2.29. The number of halogens is 1. The molecule has 5 heteroatoms. The van der Waals surface area contributed by atoms with Crippen molar-refractivity contribution in [2.45, 2.75) is 25.3 Å². The number of hydrogen-bond donors (Lipinski definition) is 1. The molecule has 0 radical (unpaired) electrons. The van der Waals surface area contributed by atoms with Crippen molar-refractivity contribution in [3.05, 3.63) is 19.4 Å². The van der Waals surface area contributed by atoms with Crippen LogP contribution in [0.4, 0.5) is 0 Å². The lowest BCUT2D eigenvalue weighted by molar-refractivity contribution is 0.0380. The quantitative estimate of drug-likeness (QED) is 0.798. The van der Waals surface area contributed by atoms with E-state index < -0.39 is 0 Å². The molecule has 0 amide bonds. The minimum absolute atomic E-state index is 0.588. The van der Waals surface area contributed by atoms with Gasteiger partial charge in [0.05, 0.1) is 16.1 Å². The van der Waals surface area contributed by atoms with Crippen molar-refractivity contribution in [2.24, 2.45) is 0 Å². The summed E-state index contributed by atoms with van der Waals surface area (Å²) in [7, 11) is 0. The van der Waals surface area contributed by atoms with E-state index in [0.717, 1.165) is 39.4 Å². The maximum atomic E-state index is 5.38. The van der Waals surface area contributed by atoms with Gasteiger partial charge in [-0.15, -0.1) is 11.3 Å². The molecule has 106 valence electrons. The molecule has 1 saturated heterocycles. The lowest BCUT2D eigenvalue weighted by Crippen LogP contribution is -2.41. The second-order valence-corrected chi connectivity index (χ2v) is 8.31. The summed E-state index contributed by atoms with van der Waals surface area (Å²) in [5, 5.41) is 3.76. The first-order valence-corrected chi connectivity index (χ1v) is 9.04. The van der Waals surface area contributed by atoms with Crippen LogP contribution in [0.2, 0.25) is 0 Å². The molecule has 0 spiro atoms. The summed E-state index contributed by atoms with van der Waals surface area (Å²) in [4.78, 5) is 4.11. The second kappa shape index (κ2) is 6.85. The van der Waals surface area contributed by atoms with E-state index in [1.54, 1.807) is 10.4 Å². The number of hydrogen-bond acceptors (Lipinski definition) is 4. The highest BCUT2D eigenvalue weighted by Gasteiger charge is 2.22. The molecule has 1 atom stereocenters. The van der Waals surface area contributed by atoms with Gasteiger partial charge in [-0.25, -0.2) is 0 Å². The number of nitrogens with one attached hydrogen (secondary N) is 1. The Morgan fingerprint density at radius 3 is 3.11 bits per heavy atom. The van der Waals surface area contributed by atoms with E-state index >= 15 is 0 Å². The average molecular weight is 392 g/mol. The van der Waals surface area contributed by atoms with Crippen LogP contribution >= 0.6 is 33.9 Å². The van der Waals surface area contributed by atoms with Gasteiger partial charge in [-0.05, 0) is 53.5 Å². The molecule has 2 heterocycles. The van der Waals surface area contributed by atoms with Crippen molar-refractivity contribution >= 4 is 33.9 Å². The summed E-state index contributed by atoms with van der Waals surface area (Å²) < 4.78 is 6.82. The van der Waals surface area contributed by atoms with Crippen LogP contribution in [0.3, 0.4) is 0 Å². The van der Waals surface area contributed by atoms with Gasteiger partial charge < -0.3 is 10.1 Å². The van der Waals surface area contributed by atoms with Crippen LogP contribution in [0.25, 0.3) is 0 Å². The van der Waals surface area contributed by atoms with Gasteiger partial charge in [-0.1, -0.05) is 0 Å². The largest absolute Gasteiger partial charge is 0.379 e. The van der Waals surface area contributed by atoms with Gasteiger partial charge in [0.25, 0.3) is 0 Å². The van der Waals surface area contributed by atoms with Crippen LogP contribution in [0.1, 0.15) is 29.3 Å². The van der Waals surface area contributed by atoms with Crippen LogP contribution in [0.5, 0.6) is 0 Å². The Kier molecular flexibility index (Phi) is 5.14. The molecule has 1 unspecified atom stereocenters. The van der Waals surface area contributed by atoms with E-state index in [0.29, 0.717) is 6.04 Å². The van der Waals surface area contributed by atoms with E-state index in [2.05, 4.69) is 38.9 Å². The van der Waals surface area contributed by atoms with Crippen molar-refractivity contribution in [2.75, 3.05) is 39.4 Å². The molecular formula is C14H21IN2OS. The van der Waals surface area contributed by atoms with E-state index in [1.807, 2.05) is 11.3 Å². The topological polar surface area (TPSA) is 24.5 Å². The van der Waals surface area contributed by atoms with Crippen LogP contribution in [-0.2, 0) is 11.2 Å². The first kappa shape index (κ1) is 14.3. The van der Waals surface area contributed by atoms with Crippen molar-refractivity contribution in [3.63, 3.8) is 0 Å². The maximum absolute atomic E-state index is 5.38. The fourth-order valence-corrected chi connectivity index (χ4v) is 5.07. The molecule has 0 aromatic carbocycles. The van der Waals surface area contributed by atoms with Crippen molar-refractivity contribution in [3.8, 4) is 0 Å². The maximum Gasteiger partial charge on any atom is 0.0659 e. The Morgan fingerprint density at radius 1 is 1.42 bits per heavy atom. The van der Waals surface area contributed by atoms with Crippen molar-refractivity contribution in [1.82, 2.24) is 10.2 Å². The molecule has 19 heavy (non-hydrogen) atoms. The molecule has 0 saturated carbocycles. The minimum atomic E-state index is 0.588. The number of aryl methyl sites for hydroxylation is 1. The van der Waals surface area contributed by atoms with Gasteiger partial charge in [0, 0.05) is 37.1 Å². The van der Waals surface area contributed by atoms with Gasteiger partial charge in [0.15, 0.2) is 0 Å². The third kappa shape index (κ3) is 3.69. The minimum Gasteiger partial charge on any atom is -0.379 e. The normalized spacial score (nSPS) is 24.4. The average Bonchev–Trinajstić information content (AvgIpc) is 2.81. The SMILES string of the molecule is Ic1cc2c(s1)CCCC2NCCN1CCOCC1. The highest BCUT2D eigenvalue weighted by atomic mass is 127. The zero-order valence-electron chi connectivity index (χ0n) is 11.2. The summed E-state index contributed by atoms with van der Waals surface area (Å²) in [6.45, 7) is 6.22. The van der Waals surface area contributed by atoms with Crippen LogP contribution in [-0.4, -0.2) is 44.3 Å². The summed E-state index contributed by atoms with van der Waals surface area (Å²) in [6, 6.07) is 2.97. The molecular weight excluding hydrogens is 371 g/mol. The number of ether oxygens (including phenoxy) is 1. The summed E-state index contributed by atoms with van der Waals surface area (Å²) in [6.07, 6.45) is 3.91. The molecule has 2 aliphatic rings. The van der Waals surface area contributed by atoms with Crippen molar-refractivity contribution < 1.29 is 4.74 Å². The standard InChI is InChI=1S/C14H21IN2OS/c15-14-10-11-12(2-1-3-13(11)19-14)16-4-5-17-6-8-18-9-7-17/h10,12,16H,1-9H2. The number of nitrogens with zero attached hydrogens (tertiary/aromatic N) is 1. The Balaban J connectivity index is 1.50. The first-order chi connectivity index (χ1) is 9.33. The Labute approximate surface area is 132 Å². The van der Waals surface area contributed by atoms with Gasteiger partial charge in [0.1, 0.15) is 0 Å². The van der Waals surface area contributed by atoms with Crippen LogP contribution in [0, 0.1) is 2.88 Å². The molecule has 1 aromatic heterocycles. The molecule has 3 nitrogen and oxygen atoms in total. The lowest BCUT2D eigenvalue weighted by atomic mass is 9.94. The van der Waals surface area contributed by atoms with Gasteiger partial charge in [-0.3, -0.25) is 4.90 Å². The Hall–Kier alpha value is 0.310. The molecule has 1 aliphatic carbocycles. The number of thiophene rings is 1. The number of morpholine rings is 1. The smallest absolute Gasteiger partial charge is 0.0659 e. The van der Waals surface area contributed by atoms with E-state index in [1.165, 1.54) is 22.1 Å². The fraction of sp³-hybridized carbons (Fsp3) is 0.714. The zero-order chi connectivity index (χ0) is 13.1. The number of fused-ring (bicyclic) bond motifs is 1. The molecule has 3 rings (SSSR count). The molecule has 1 N–H and O–H groups in total. The Morgan fingerprint density at radius 2 is 2.26 bits per heavy atom. The summed E-state index contributed by atoms with van der Waals surface area (Å²) in [5.74, 6) is 0. The highest BCUT2D eigenvalue weighted by Crippen LogP contribution is 2.36. The predicted octanol–water partition coefficient (Wildman–Crippen LogP) is 2.65. The van der Waals surface area contributed by atoms with E-state index in [-0.39, 0.29) is 0 Å². The Bertz CT molecular complexity index is 418. The monoisotopic (exact) mass is 392 g/mol. The van der Waals surface area contributed by atoms with Gasteiger partial charge in [-0.2, -0.15) is 0 Å². The predicted molar refractivity (Wildman–Crippen MR) is 88.0 cm³/mol. The third-order valence-corrected chi connectivity index (χ3v) is 5.98. The molecule has 0 bridgehead atoms.